The predicted octanol–water partition coefficient (Wildman–Crippen LogP) is 3.94. The van der Waals surface area contributed by atoms with E-state index >= 15 is 0 Å². The van der Waals surface area contributed by atoms with Crippen LogP contribution in [0.4, 0.5) is 5.69 Å². The second-order valence-corrected chi connectivity index (χ2v) is 9.29. The molecule has 0 spiro atoms. The lowest BCUT2D eigenvalue weighted by atomic mass is 9.96. The van der Waals surface area contributed by atoms with Crippen molar-refractivity contribution in [3.8, 4) is 11.4 Å². The summed E-state index contributed by atoms with van der Waals surface area (Å²) in [6, 6.07) is 12.6. The first kappa shape index (κ1) is 24.6. The molecule has 2 atom stereocenters. The van der Waals surface area contributed by atoms with E-state index in [2.05, 4.69) is 37.7 Å². The molecule has 10 heteroatoms. The fourth-order valence-corrected chi connectivity index (χ4v) is 5.05. The number of likely N-dealkylation sites (N-methyl/N-ethyl adjacent to an activating group) is 1. The van der Waals surface area contributed by atoms with Crippen molar-refractivity contribution >= 4 is 23.0 Å². The minimum Gasteiger partial charge on any atom is -0.494 e. The number of methoxy groups -OCH3 is 1. The number of nitro benzene ring substituents is 1. The predicted molar refractivity (Wildman–Crippen MR) is 139 cm³/mol. The van der Waals surface area contributed by atoms with E-state index in [0.717, 1.165) is 41.4 Å². The maximum absolute atomic E-state index is 11.3. The third kappa shape index (κ3) is 4.71. The maximum Gasteiger partial charge on any atom is 0.273 e. The summed E-state index contributed by atoms with van der Waals surface area (Å²) in [5.41, 5.74) is 4.79. The Hall–Kier alpha value is -3.50. The lowest BCUT2D eigenvalue weighted by molar-refractivity contribution is -0.384. The van der Waals surface area contributed by atoms with Gasteiger partial charge in [0.2, 0.25) is 0 Å². The van der Waals surface area contributed by atoms with Gasteiger partial charge in [-0.15, -0.1) is 0 Å². The van der Waals surface area contributed by atoms with Crippen LogP contribution in [0.15, 0.2) is 48.7 Å². The van der Waals surface area contributed by atoms with Gasteiger partial charge in [-0.05, 0) is 70.0 Å². The van der Waals surface area contributed by atoms with Gasteiger partial charge < -0.3 is 24.4 Å². The normalized spacial score (nSPS) is 17.7. The van der Waals surface area contributed by atoms with Gasteiger partial charge in [0.25, 0.3) is 5.69 Å². The zero-order valence-electron chi connectivity index (χ0n) is 20.6. The van der Waals surface area contributed by atoms with E-state index in [1.807, 2.05) is 39.2 Å². The molecule has 0 unspecified atom stereocenters. The van der Waals surface area contributed by atoms with Crippen LogP contribution in [0.5, 0.6) is 5.75 Å². The molecular weight excluding hydrogens is 464 g/mol. The van der Waals surface area contributed by atoms with Crippen LogP contribution in [0, 0.1) is 24.0 Å². The SMILES string of the molecule is COc1cc([N+](=O)[O-])ccc1-n1c(C)cc([C@H]2[C@@H](c3ccccn3)NC(=S)N2CCN(C)C)c1C. The van der Waals surface area contributed by atoms with Crippen molar-refractivity contribution in [1.29, 1.82) is 0 Å². The van der Waals surface area contributed by atoms with E-state index in [9.17, 15) is 10.1 Å². The fourth-order valence-electron chi connectivity index (χ4n) is 4.71. The molecule has 1 N–H and O–H groups in total. The number of thiocarbonyl (C=S) groups is 1. The van der Waals surface area contributed by atoms with Gasteiger partial charge in [0, 0.05) is 36.7 Å². The van der Waals surface area contributed by atoms with E-state index in [0.29, 0.717) is 10.9 Å². The number of hydrogen-bond donors (Lipinski definition) is 1. The Morgan fingerprint density at radius 2 is 2.00 bits per heavy atom. The van der Waals surface area contributed by atoms with Gasteiger partial charge in [-0.25, -0.2) is 0 Å². The lowest BCUT2D eigenvalue weighted by Gasteiger charge is -2.29. The summed E-state index contributed by atoms with van der Waals surface area (Å²) >= 11 is 5.78. The summed E-state index contributed by atoms with van der Waals surface area (Å²) in [6.45, 7) is 5.70. The number of rotatable bonds is 8. The number of pyridine rings is 1. The number of ether oxygens (including phenoxy) is 1. The molecule has 1 aliphatic heterocycles. The van der Waals surface area contributed by atoms with Gasteiger partial charge in [0.05, 0.1) is 41.6 Å². The van der Waals surface area contributed by atoms with Gasteiger partial charge in [-0.3, -0.25) is 15.1 Å². The van der Waals surface area contributed by atoms with Crippen molar-refractivity contribution in [3.63, 3.8) is 0 Å². The number of non-ortho nitro benzene ring substituents is 1. The van der Waals surface area contributed by atoms with Gasteiger partial charge >= 0.3 is 0 Å². The van der Waals surface area contributed by atoms with Crippen LogP contribution < -0.4 is 10.1 Å². The highest BCUT2D eigenvalue weighted by atomic mass is 32.1. The van der Waals surface area contributed by atoms with Crippen molar-refractivity contribution in [2.24, 2.45) is 0 Å². The highest BCUT2D eigenvalue weighted by molar-refractivity contribution is 7.80. The second kappa shape index (κ2) is 10.0. The Balaban J connectivity index is 1.83. The van der Waals surface area contributed by atoms with Crippen LogP contribution in [-0.4, -0.2) is 63.7 Å². The summed E-state index contributed by atoms with van der Waals surface area (Å²) in [7, 11) is 5.62. The molecule has 3 aromatic rings. The van der Waals surface area contributed by atoms with Gasteiger partial charge in [0.15, 0.2) is 5.11 Å². The minimum atomic E-state index is -0.418. The molecule has 0 amide bonds. The van der Waals surface area contributed by atoms with Crippen LogP contribution in [0.1, 0.15) is 34.7 Å². The molecule has 0 radical (unpaired) electrons. The Morgan fingerprint density at radius 3 is 2.63 bits per heavy atom. The number of aryl methyl sites for hydroxylation is 1. The Morgan fingerprint density at radius 1 is 1.23 bits per heavy atom. The monoisotopic (exact) mass is 494 g/mol. The molecular formula is C25H30N6O3S. The molecule has 0 bridgehead atoms. The summed E-state index contributed by atoms with van der Waals surface area (Å²) in [5.74, 6) is 0.443. The molecule has 1 aromatic carbocycles. The average Bonchev–Trinajstić information content (AvgIpc) is 3.32. The van der Waals surface area contributed by atoms with Crippen LogP contribution >= 0.6 is 12.2 Å². The third-order valence-corrected chi connectivity index (χ3v) is 6.74. The van der Waals surface area contributed by atoms with E-state index in [1.165, 1.54) is 19.2 Å². The molecule has 0 aliphatic carbocycles. The van der Waals surface area contributed by atoms with Crippen LogP contribution in [0.3, 0.4) is 0 Å². The first-order chi connectivity index (χ1) is 16.7. The van der Waals surface area contributed by atoms with E-state index in [-0.39, 0.29) is 17.8 Å². The summed E-state index contributed by atoms with van der Waals surface area (Å²) in [4.78, 5) is 19.9. The van der Waals surface area contributed by atoms with Gasteiger partial charge in [-0.1, -0.05) is 6.07 Å². The Bertz CT molecular complexity index is 1240. The molecule has 2 aromatic heterocycles. The van der Waals surface area contributed by atoms with Crippen molar-refractivity contribution in [2.75, 3.05) is 34.3 Å². The third-order valence-electron chi connectivity index (χ3n) is 6.39. The molecule has 1 saturated heterocycles. The first-order valence-electron chi connectivity index (χ1n) is 11.4. The highest BCUT2D eigenvalue weighted by Crippen LogP contribution is 2.42. The van der Waals surface area contributed by atoms with Gasteiger partial charge in [-0.2, -0.15) is 0 Å². The molecule has 184 valence electrons. The van der Waals surface area contributed by atoms with Crippen LogP contribution in [0.25, 0.3) is 5.69 Å². The molecule has 9 nitrogen and oxygen atoms in total. The molecule has 1 fully saturated rings. The van der Waals surface area contributed by atoms with E-state index in [1.54, 1.807) is 12.3 Å². The van der Waals surface area contributed by atoms with Crippen molar-refractivity contribution in [3.05, 3.63) is 81.4 Å². The van der Waals surface area contributed by atoms with Crippen LogP contribution in [0.2, 0.25) is 0 Å². The molecule has 4 rings (SSSR count). The largest absolute Gasteiger partial charge is 0.494 e. The second-order valence-electron chi connectivity index (χ2n) is 8.90. The van der Waals surface area contributed by atoms with Crippen LogP contribution in [-0.2, 0) is 0 Å². The van der Waals surface area contributed by atoms with E-state index < -0.39 is 4.92 Å². The maximum atomic E-state index is 11.3. The molecule has 0 saturated carbocycles. The van der Waals surface area contributed by atoms with E-state index in [4.69, 9.17) is 17.0 Å². The zero-order chi connectivity index (χ0) is 25.3. The zero-order valence-corrected chi connectivity index (χ0v) is 21.4. The number of benzene rings is 1. The van der Waals surface area contributed by atoms with Crippen molar-refractivity contribution in [2.45, 2.75) is 25.9 Å². The highest BCUT2D eigenvalue weighted by Gasteiger charge is 2.41. The smallest absolute Gasteiger partial charge is 0.273 e. The standard InChI is InChI=1S/C25H30N6O3S/c1-16-14-19(17(2)30(16)21-10-9-18(31(32)33)15-22(21)34-5)24-23(20-8-6-7-11-26-20)27-25(35)29(24)13-12-28(3)4/h6-11,14-15,23-24H,12-13H2,1-5H3,(H,27,35)/t23-,24+/m1/s1. The number of nitrogens with one attached hydrogen (secondary N) is 1. The summed E-state index contributed by atoms with van der Waals surface area (Å²) < 4.78 is 7.63. The first-order valence-corrected chi connectivity index (χ1v) is 11.8. The van der Waals surface area contributed by atoms with Crippen molar-refractivity contribution in [1.82, 2.24) is 24.7 Å². The van der Waals surface area contributed by atoms with Crippen molar-refractivity contribution < 1.29 is 9.66 Å². The quantitative estimate of drug-likeness (QED) is 0.286. The lowest BCUT2D eigenvalue weighted by Crippen LogP contribution is -2.35. The topological polar surface area (TPSA) is 88.7 Å². The average molecular weight is 495 g/mol. The molecule has 3 heterocycles. The number of hydrogen-bond acceptors (Lipinski definition) is 6. The molecule has 1 aliphatic rings. The summed E-state index contributed by atoms with van der Waals surface area (Å²) in [6.07, 6.45) is 1.80. The fraction of sp³-hybridized carbons (Fsp3) is 0.360. The number of nitrogens with zero attached hydrogens (tertiary/aromatic N) is 5. The Labute approximate surface area is 210 Å². The molecule has 35 heavy (non-hydrogen) atoms. The minimum absolute atomic E-state index is 0.0105. The van der Waals surface area contributed by atoms with Gasteiger partial charge in [0.1, 0.15) is 5.75 Å². The Kier molecular flexibility index (Phi) is 7.04. The number of nitro groups is 1. The summed E-state index contributed by atoms with van der Waals surface area (Å²) in [5, 5.41) is 15.5. The number of aromatic nitrogens is 2.